The molecule has 0 spiro atoms. The zero-order valence-corrected chi connectivity index (χ0v) is 12.9. The van der Waals surface area contributed by atoms with E-state index in [9.17, 15) is 4.79 Å². The Morgan fingerprint density at radius 1 is 1.32 bits per heavy atom. The molecule has 5 nitrogen and oxygen atoms in total. The Morgan fingerprint density at radius 3 is 2.73 bits per heavy atom. The van der Waals surface area contributed by atoms with E-state index in [1.54, 1.807) is 0 Å². The molecule has 1 saturated carbocycles. The second-order valence-electron chi connectivity index (χ2n) is 5.84. The number of aldehydes is 1. The normalized spacial score (nSPS) is 14.6. The highest BCUT2D eigenvalue weighted by Crippen LogP contribution is 2.37. The van der Waals surface area contributed by atoms with E-state index >= 15 is 0 Å². The highest BCUT2D eigenvalue weighted by molar-refractivity contribution is 5.73. The SMILES string of the molecule is Cc1ccc(OCCCn2nnc(C=O)c2C2CCC2)cc1. The van der Waals surface area contributed by atoms with E-state index < -0.39 is 0 Å². The highest BCUT2D eigenvalue weighted by atomic mass is 16.5. The van der Waals surface area contributed by atoms with Crippen molar-refractivity contribution in [2.45, 2.75) is 45.1 Å². The zero-order valence-electron chi connectivity index (χ0n) is 12.9. The summed E-state index contributed by atoms with van der Waals surface area (Å²) in [5, 5.41) is 8.11. The quantitative estimate of drug-likeness (QED) is 0.582. The van der Waals surface area contributed by atoms with Crippen LogP contribution in [-0.2, 0) is 6.54 Å². The van der Waals surface area contributed by atoms with Gasteiger partial charge in [-0.05, 0) is 31.9 Å². The number of aryl methyl sites for hydroxylation is 2. The minimum absolute atomic E-state index is 0.452. The molecule has 1 aliphatic carbocycles. The number of hydrogen-bond donors (Lipinski definition) is 0. The molecule has 1 fully saturated rings. The van der Waals surface area contributed by atoms with Crippen LogP contribution >= 0.6 is 0 Å². The number of carbonyl (C=O) groups excluding carboxylic acids is 1. The molecule has 3 rings (SSSR count). The second kappa shape index (κ2) is 6.73. The summed E-state index contributed by atoms with van der Waals surface area (Å²) in [5.74, 6) is 1.34. The number of rotatable bonds is 7. The molecule has 0 N–H and O–H groups in total. The molecule has 5 heteroatoms. The molecular weight excluding hydrogens is 278 g/mol. The Labute approximate surface area is 130 Å². The minimum Gasteiger partial charge on any atom is -0.494 e. The third kappa shape index (κ3) is 3.18. The summed E-state index contributed by atoms with van der Waals surface area (Å²) in [6.45, 7) is 3.42. The Balaban J connectivity index is 1.54. The molecule has 0 bridgehead atoms. The molecule has 1 aliphatic rings. The van der Waals surface area contributed by atoms with Crippen molar-refractivity contribution in [2.24, 2.45) is 0 Å². The van der Waals surface area contributed by atoms with Crippen LogP contribution in [0.1, 0.15) is 53.3 Å². The molecular formula is C17H21N3O2. The fraction of sp³-hybridized carbons (Fsp3) is 0.471. The lowest BCUT2D eigenvalue weighted by molar-refractivity contribution is 0.111. The molecule has 2 aromatic rings. The van der Waals surface area contributed by atoms with Crippen molar-refractivity contribution in [3.8, 4) is 5.75 Å². The van der Waals surface area contributed by atoms with Gasteiger partial charge in [0.1, 0.15) is 11.4 Å². The minimum atomic E-state index is 0.452. The molecule has 1 aromatic heterocycles. The number of benzene rings is 1. The lowest BCUT2D eigenvalue weighted by Crippen LogP contribution is -2.17. The van der Waals surface area contributed by atoms with Crippen molar-refractivity contribution in [1.29, 1.82) is 0 Å². The molecule has 116 valence electrons. The number of carbonyl (C=O) groups is 1. The number of ether oxygens (including phenoxy) is 1. The topological polar surface area (TPSA) is 57.0 Å². The van der Waals surface area contributed by atoms with Crippen LogP contribution in [0.15, 0.2) is 24.3 Å². The summed E-state index contributed by atoms with van der Waals surface area (Å²) < 4.78 is 7.61. The molecule has 0 unspecified atom stereocenters. The van der Waals surface area contributed by atoms with Crippen LogP contribution in [-0.4, -0.2) is 27.9 Å². The van der Waals surface area contributed by atoms with Crippen molar-refractivity contribution in [3.63, 3.8) is 0 Å². The van der Waals surface area contributed by atoms with Crippen molar-refractivity contribution in [1.82, 2.24) is 15.0 Å². The van der Waals surface area contributed by atoms with Gasteiger partial charge >= 0.3 is 0 Å². The van der Waals surface area contributed by atoms with E-state index in [1.807, 2.05) is 28.9 Å². The lowest BCUT2D eigenvalue weighted by atomic mass is 9.82. The fourth-order valence-corrected chi connectivity index (χ4v) is 2.72. The van der Waals surface area contributed by atoms with Crippen LogP contribution in [0.25, 0.3) is 0 Å². The Morgan fingerprint density at radius 2 is 2.09 bits per heavy atom. The van der Waals surface area contributed by atoms with Gasteiger partial charge in [-0.25, -0.2) is 4.68 Å². The first-order chi connectivity index (χ1) is 10.8. The van der Waals surface area contributed by atoms with Crippen molar-refractivity contribution in [3.05, 3.63) is 41.2 Å². The monoisotopic (exact) mass is 299 g/mol. The molecule has 0 atom stereocenters. The van der Waals surface area contributed by atoms with Gasteiger partial charge in [0.2, 0.25) is 0 Å². The standard InChI is InChI=1S/C17H21N3O2/c1-13-6-8-15(9-7-13)22-11-3-10-20-17(14-4-2-5-14)16(12-21)18-19-20/h6-9,12,14H,2-5,10-11H2,1H3. The van der Waals surface area contributed by atoms with Gasteiger partial charge < -0.3 is 4.74 Å². The Hall–Kier alpha value is -2.17. The van der Waals surface area contributed by atoms with Gasteiger partial charge in [0.25, 0.3) is 0 Å². The first-order valence-corrected chi connectivity index (χ1v) is 7.86. The van der Waals surface area contributed by atoms with Crippen molar-refractivity contribution < 1.29 is 9.53 Å². The number of hydrogen-bond acceptors (Lipinski definition) is 4. The summed E-state index contributed by atoms with van der Waals surface area (Å²) in [5.41, 5.74) is 2.74. The molecule has 0 amide bonds. The predicted octanol–water partition coefficient (Wildman–Crippen LogP) is 3.14. The number of nitrogens with zero attached hydrogens (tertiary/aromatic N) is 3. The summed E-state index contributed by atoms with van der Waals surface area (Å²) >= 11 is 0. The summed E-state index contributed by atoms with van der Waals surface area (Å²) in [6, 6.07) is 8.04. The predicted molar refractivity (Wildman–Crippen MR) is 83.3 cm³/mol. The first kappa shape index (κ1) is 14.8. The average molecular weight is 299 g/mol. The van der Waals surface area contributed by atoms with Gasteiger partial charge in [0.15, 0.2) is 6.29 Å². The Bertz CT molecular complexity index is 630. The molecule has 22 heavy (non-hydrogen) atoms. The van der Waals surface area contributed by atoms with Crippen molar-refractivity contribution in [2.75, 3.05) is 6.61 Å². The Kier molecular flexibility index (Phi) is 4.51. The third-order valence-electron chi connectivity index (χ3n) is 4.21. The summed E-state index contributed by atoms with van der Waals surface area (Å²) in [6.07, 6.45) is 5.15. The van der Waals surface area contributed by atoms with Crippen LogP contribution in [0, 0.1) is 6.92 Å². The van der Waals surface area contributed by atoms with Gasteiger partial charge in [-0.1, -0.05) is 29.3 Å². The smallest absolute Gasteiger partial charge is 0.172 e. The first-order valence-electron chi connectivity index (χ1n) is 7.86. The fourth-order valence-electron chi connectivity index (χ4n) is 2.72. The van der Waals surface area contributed by atoms with E-state index in [0.717, 1.165) is 43.5 Å². The highest BCUT2D eigenvalue weighted by Gasteiger charge is 2.27. The largest absolute Gasteiger partial charge is 0.494 e. The summed E-state index contributed by atoms with van der Waals surface area (Å²) in [4.78, 5) is 11.1. The molecule has 0 saturated heterocycles. The molecule has 0 radical (unpaired) electrons. The lowest BCUT2D eigenvalue weighted by Gasteiger charge is -2.26. The molecule has 1 heterocycles. The van der Waals surface area contributed by atoms with Gasteiger partial charge in [0.05, 0.1) is 12.3 Å². The second-order valence-corrected chi connectivity index (χ2v) is 5.84. The van der Waals surface area contributed by atoms with Crippen molar-refractivity contribution >= 4 is 6.29 Å². The van der Waals surface area contributed by atoms with Crippen LogP contribution in [0.4, 0.5) is 0 Å². The van der Waals surface area contributed by atoms with Gasteiger partial charge in [-0.2, -0.15) is 0 Å². The molecule has 0 aliphatic heterocycles. The zero-order chi connectivity index (χ0) is 15.4. The average Bonchev–Trinajstić information content (AvgIpc) is 2.87. The van der Waals surface area contributed by atoms with E-state index in [0.29, 0.717) is 18.2 Å². The van der Waals surface area contributed by atoms with Crippen LogP contribution in [0.2, 0.25) is 0 Å². The molecule has 1 aromatic carbocycles. The number of aromatic nitrogens is 3. The van der Waals surface area contributed by atoms with Gasteiger partial charge in [0, 0.05) is 18.9 Å². The van der Waals surface area contributed by atoms with E-state index in [1.165, 1.54) is 12.0 Å². The van der Waals surface area contributed by atoms with E-state index in [2.05, 4.69) is 17.2 Å². The van der Waals surface area contributed by atoms with Crippen LogP contribution < -0.4 is 4.74 Å². The maximum atomic E-state index is 11.1. The maximum absolute atomic E-state index is 11.1. The van der Waals surface area contributed by atoms with Crippen LogP contribution in [0.3, 0.4) is 0 Å². The summed E-state index contributed by atoms with van der Waals surface area (Å²) in [7, 11) is 0. The van der Waals surface area contributed by atoms with Crippen LogP contribution in [0.5, 0.6) is 5.75 Å². The third-order valence-corrected chi connectivity index (χ3v) is 4.21. The van der Waals surface area contributed by atoms with E-state index in [-0.39, 0.29) is 0 Å². The van der Waals surface area contributed by atoms with Gasteiger partial charge in [-0.15, -0.1) is 5.10 Å². The van der Waals surface area contributed by atoms with Gasteiger partial charge in [-0.3, -0.25) is 4.79 Å². The van der Waals surface area contributed by atoms with E-state index in [4.69, 9.17) is 4.74 Å². The maximum Gasteiger partial charge on any atom is 0.172 e.